The molecule has 2 heterocycles. The van der Waals surface area contributed by atoms with E-state index in [4.69, 9.17) is 19.6 Å². The molecule has 0 radical (unpaired) electrons. The highest BCUT2D eigenvalue weighted by Gasteiger charge is 2.35. The molecule has 0 saturated heterocycles. The number of aromatic nitrogens is 4. The van der Waals surface area contributed by atoms with Crippen molar-refractivity contribution in [2.45, 2.75) is 96.5 Å². The second kappa shape index (κ2) is 17.5. The molecular formula is C39H49F3N8O6. The summed E-state index contributed by atoms with van der Waals surface area (Å²) in [4.78, 5) is 46.6. The van der Waals surface area contributed by atoms with Gasteiger partial charge in [0.1, 0.15) is 11.4 Å². The number of benzene rings is 2. The Balaban J connectivity index is 1.21. The third-order valence-electron chi connectivity index (χ3n) is 9.28. The zero-order valence-corrected chi connectivity index (χ0v) is 32.4. The fraction of sp³-hybridized carbons (Fsp3) is 0.487. The number of aryl methyl sites for hydroxylation is 2. The van der Waals surface area contributed by atoms with E-state index >= 15 is 0 Å². The number of anilines is 2. The van der Waals surface area contributed by atoms with E-state index < -0.39 is 41.2 Å². The van der Waals surface area contributed by atoms with Gasteiger partial charge in [0.15, 0.2) is 0 Å². The standard InChI is InChI=1S/C39H49F3N8O6/c1-7-23-17-24(18-25-22-43-35(47-34(23)25)45-26-9-11-27(12-10-26)46-36(52)56-38(2,3)4)31-20-29(48-50(31)6)21-33(51)44-28-13-14-32(30(19-28)39(40,41)42)55-16-8-15-49(5)37(53)54/h13-14,17-20,22,26-27H,7-12,15-16,21H2,1-6H3,(H,44,51)(H,46,52)(H,53,54)(H,43,45,47)/t26-,27-. The summed E-state index contributed by atoms with van der Waals surface area (Å²) in [5, 5.41) is 23.2. The van der Waals surface area contributed by atoms with E-state index in [1.54, 1.807) is 24.0 Å². The van der Waals surface area contributed by atoms with Gasteiger partial charge in [-0.2, -0.15) is 18.3 Å². The molecule has 56 heavy (non-hydrogen) atoms. The van der Waals surface area contributed by atoms with Gasteiger partial charge in [-0.25, -0.2) is 19.6 Å². The number of nitrogens with zero attached hydrogens (tertiary/aromatic N) is 5. The second-order valence-corrected chi connectivity index (χ2v) is 14.9. The first-order chi connectivity index (χ1) is 26.4. The van der Waals surface area contributed by atoms with Gasteiger partial charge in [0.25, 0.3) is 0 Å². The fourth-order valence-corrected chi connectivity index (χ4v) is 6.53. The first-order valence-electron chi connectivity index (χ1n) is 18.6. The minimum absolute atomic E-state index is 0.0519. The molecule has 1 saturated carbocycles. The van der Waals surface area contributed by atoms with Gasteiger partial charge in [0, 0.05) is 55.6 Å². The van der Waals surface area contributed by atoms with E-state index in [2.05, 4.69) is 26.0 Å². The second-order valence-electron chi connectivity index (χ2n) is 14.9. The Morgan fingerprint density at radius 3 is 2.41 bits per heavy atom. The molecule has 0 bridgehead atoms. The van der Waals surface area contributed by atoms with Gasteiger partial charge in [-0.1, -0.05) is 6.92 Å². The van der Waals surface area contributed by atoms with Crippen LogP contribution in [0.25, 0.3) is 22.2 Å². The van der Waals surface area contributed by atoms with E-state index in [0.29, 0.717) is 18.1 Å². The normalized spacial score (nSPS) is 15.9. The average Bonchev–Trinajstić information content (AvgIpc) is 3.48. The molecule has 5 rings (SSSR count). The molecule has 3 amide bonds. The summed E-state index contributed by atoms with van der Waals surface area (Å²) < 4.78 is 54.0. The molecule has 0 aliphatic heterocycles. The molecule has 4 N–H and O–H groups in total. The predicted molar refractivity (Wildman–Crippen MR) is 205 cm³/mol. The number of alkyl halides is 3. The number of fused-ring (bicyclic) bond motifs is 1. The van der Waals surface area contributed by atoms with Gasteiger partial charge in [0.2, 0.25) is 11.9 Å². The van der Waals surface area contributed by atoms with Gasteiger partial charge in [-0.15, -0.1) is 0 Å². The first-order valence-corrected chi connectivity index (χ1v) is 18.6. The number of halogens is 3. The molecule has 2 aromatic carbocycles. The summed E-state index contributed by atoms with van der Waals surface area (Å²) in [6.07, 6.45) is -0.531. The number of carbonyl (C=O) groups excluding carboxylic acids is 2. The molecule has 17 heteroatoms. The van der Waals surface area contributed by atoms with Crippen molar-refractivity contribution in [3.05, 3.63) is 59.4 Å². The quantitative estimate of drug-likeness (QED) is 0.100. The molecule has 1 fully saturated rings. The third kappa shape index (κ3) is 11.2. The van der Waals surface area contributed by atoms with Crippen molar-refractivity contribution in [3.63, 3.8) is 0 Å². The van der Waals surface area contributed by atoms with Gasteiger partial charge < -0.3 is 35.4 Å². The molecule has 1 aliphatic rings. The highest BCUT2D eigenvalue weighted by Crippen LogP contribution is 2.38. The summed E-state index contributed by atoms with van der Waals surface area (Å²) in [5.74, 6) is -0.444. The summed E-state index contributed by atoms with van der Waals surface area (Å²) in [6, 6.07) is 9.22. The van der Waals surface area contributed by atoms with E-state index in [1.165, 1.54) is 13.1 Å². The van der Waals surface area contributed by atoms with Gasteiger partial charge in [0.05, 0.1) is 35.5 Å². The maximum atomic E-state index is 13.9. The van der Waals surface area contributed by atoms with Crippen molar-refractivity contribution in [1.29, 1.82) is 0 Å². The number of carbonyl (C=O) groups is 3. The van der Waals surface area contributed by atoms with Gasteiger partial charge >= 0.3 is 18.4 Å². The van der Waals surface area contributed by atoms with E-state index in [1.807, 2.05) is 39.8 Å². The number of hydrogen-bond acceptors (Lipinski definition) is 9. The highest BCUT2D eigenvalue weighted by atomic mass is 19.4. The van der Waals surface area contributed by atoms with Crippen LogP contribution in [0.1, 0.15) is 76.6 Å². The Labute approximate surface area is 323 Å². The Morgan fingerprint density at radius 2 is 1.75 bits per heavy atom. The number of nitrogens with one attached hydrogen (secondary N) is 3. The Morgan fingerprint density at radius 1 is 1.04 bits per heavy atom. The SMILES string of the molecule is CCc1cc(-c2cc(CC(=O)Nc3ccc(OCCCN(C)C(=O)O)c(C(F)(F)F)c3)nn2C)cc2cnc(N[C@H]3CC[C@H](NC(=O)OC(C)(C)C)CC3)nc12. The zero-order valence-electron chi connectivity index (χ0n) is 32.4. The third-order valence-corrected chi connectivity index (χ3v) is 9.28. The summed E-state index contributed by atoms with van der Waals surface area (Å²) >= 11 is 0. The number of hydrogen-bond donors (Lipinski definition) is 4. The number of ether oxygens (including phenoxy) is 2. The van der Waals surface area contributed by atoms with Gasteiger partial charge in [-0.05, 0) is 101 Å². The summed E-state index contributed by atoms with van der Waals surface area (Å²) in [7, 11) is 3.11. The van der Waals surface area contributed by atoms with Crippen molar-refractivity contribution in [3.8, 4) is 17.0 Å². The van der Waals surface area contributed by atoms with E-state index in [9.17, 15) is 27.6 Å². The zero-order chi connectivity index (χ0) is 40.8. The average molecular weight is 783 g/mol. The highest BCUT2D eigenvalue weighted by molar-refractivity contribution is 5.92. The van der Waals surface area contributed by atoms with Crippen LogP contribution >= 0.6 is 0 Å². The first kappa shape index (κ1) is 41.6. The molecule has 0 spiro atoms. The van der Waals surface area contributed by atoms with E-state index in [-0.39, 0.29) is 43.8 Å². The van der Waals surface area contributed by atoms with Crippen molar-refractivity contribution in [2.24, 2.45) is 7.05 Å². The lowest BCUT2D eigenvalue weighted by Gasteiger charge is -2.30. The lowest BCUT2D eigenvalue weighted by Crippen LogP contribution is -2.42. The van der Waals surface area contributed by atoms with Crippen molar-refractivity contribution < 1.29 is 42.1 Å². The lowest BCUT2D eigenvalue weighted by atomic mass is 9.91. The van der Waals surface area contributed by atoms with Crippen LogP contribution in [0, 0.1) is 0 Å². The largest absolute Gasteiger partial charge is 0.493 e. The summed E-state index contributed by atoms with van der Waals surface area (Å²) in [5.41, 5.74) is 2.14. The molecule has 0 atom stereocenters. The molecule has 302 valence electrons. The number of carboxylic acid groups (broad SMARTS) is 1. The Bertz CT molecular complexity index is 2040. The fourth-order valence-electron chi connectivity index (χ4n) is 6.53. The predicted octanol–water partition coefficient (Wildman–Crippen LogP) is 7.42. The Hall–Kier alpha value is -5.61. The smallest absolute Gasteiger partial charge is 0.420 e. The summed E-state index contributed by atoms with van der Waals surface area (Å²) in [6.45, 7) is 7.51. The van der Waals surface area contributed by atoms with Crippen LogP contribution in [0.2, 0.25) is 0 Å². The number of alkyl carbamates (subject to hydrolysis) is 1. The van der Waals surface area contributed by atoms with Crippen LogP contribution in [0.5, 0.6) is 5.75 Å². The van der Waals surface area contributed by atoms with Crippen LogP contribution in [0.4, 0.5) is 34.4 Å². The maximum Gasteiger partial charge on any atom is 0.420 e. The van der Waals surface area contributed by atoms with Gasteiger partial charge in [-0.3, -0.25) is 9.48 Å². The molecule has 2 aromatic heterocycles. The van der Waals surface area contributed by atoms with Crippen LogP contribution < -0.4 is 20.7 Å². The van der Waals surface area contributed by atoms with Crippen molar-refractivity contribution >= 4 is 40.6 Å². The monoisotopic (exact) mass is 782 g/mol. The van der Waals surface area contributed by atoms with Crippen molar-refractivity contribution in [1.82, 2.24) is 30.0 Å². The Kier molecular flexibility index (Phi) is 13.0. The molecule has 0 unspecified atom stereocenters. The topological polar surface area (TPSA) is 173 Å². The van der Waals surface area contributed by atoms with Crippen LogP contribution in [0.3, 0.4) is 0 Å². The van der Waals surface area contributed by atoms with Crippen molar-refractivity contribution in [2.75, 3.05) is 30.8 Å². The van der Waals surface area contributed by atoms with Crippen LogP contribution in [-0.2, 0) is 35.6 Å². The minimum atomic E-state index is -4.76. The molecule has 4 aromatic rings. The number of rotatable bonds is 13. The van der Waals surface area contributed by atoms with Crippen LogP contribution in [0.15, 0.2) is 42.6 Å². The minimum Gasteiger partial charge on any atom is -0.493 e. The van der Waals surface area contributed by atoms with Crippen LogP contribution in [-0.4, -0.2) is 85.7 Å². The number of amides is 3. The lowest BCUT2D eigenvalue weighted by molar-refractivity contribution is -0.139. The van der Waals surface area contributed by atoms with E-state index in [0.717, 1.165) is 70.4 Å². The molecular weight excluding hydrogens is 733 g/mol. The molecule has 1 aliphatic carbocycles. The maximum absolute atomic E-state index is 13.9. The molecule has 14 nitrogen and oxygen atoms in total.